The van der Waals surface area contributed by atoms with Crippen molar-refractivity contribution in [2.75, 3.05) is 6.61 Å². The van der Waals surface area contributed by atoms with Crippen LogP contribution in [0.3, 0.4) is 0 Å². The van der Waals surface area contributed by atoms with Crippen molar-refractivity contribution in [1.82, 2.24) is 10.2 Å². The average Bonchev–Trinajstić information content (AvgIpc) is 2.76. The van der Waals surface area contributed by atoms with Gasteiger partial charge in [-0.2, -0.15) is 0 Å². The van der Waals surface area contributed by atoms with Gasteiger partial charge < -0.3 is 15.0 Å². The Morgan fingerprint density at radius 2 is 1.77 bits per heavy atom. The van der Waals surface area contributed by atoms with Crippen LogP contribution in [0.5, 0.6) is 5.75 Å². The Morgan fingerprint density at radius 3 is 2.42 bits per heavy atom. The number of carbonyl (C=O) groups excluding carboxylic acids is 2. The summed E-state index contributed by atoms with van der Waals surface area (Å²) < 4.78 is 19.9. The molecule has 168 valence electrons. The summed E-state index contributed by atoms with van der Waals surface area (Å²) in [6, 6.07) is 13.3. The van der Waals surface area contributed by atoms with Crippen LogP contribution in [0.1, 0.15) is 51.2 Å². The number of ether oxygens (including phenoxy) is 1. The van der Waals surface area contributed by atoms with E-state index in [4.69, 9.17) is 4.74 Å². The SMILES string of the molecule is CCC(C)NC(=O)C(C)N(Cc1ccccc1F)C(=O)CCCOc1ccc(C)cc1. The maximum absolute atomic E-state index is 14.2. The van der Waals surface area contributed by atoms with Crippen LogP contribution in [-0.4, -0.2) is 35.4 Å². The highest BCUT2D eigenvalue weighted by atomic mass is 19.1. The van der Waals surface area contributed by atoms with Gasteiger partial charge in [0.2, 0.25) is 11.8 Å². The van der Waals surface area contributed by atoms with E-state index in [2.05, 4.69) is 5.32 Å². The first-order valence-electron chi connectivity index (χ1n) is 10.8. The Bertz CT molecular complexity index is 854. The highest BCUT2D eigenvalue weighted by Crippen LogP contribution is 2.16. The largest absolute Gasteiger partial charge is 0.494 e. The van der Waals surface area contributed by atoms with Crippen LogP contribution in [0.4, 0.5) is 4.39 Å². The Kier molecular flexibility index (Phi) is 9.50. The second-order valence-corrected chi connectivity index (χ2v) is 7.87. The van der Waals surface area contributed by atoms with Gasteiger partial charge in [0.05, 0.1) is 6.61 Å². The molecular weight excluding hydrogens is 395 g/mol. The highest BCUT2D eigenvalue weighted by Gasteiger charge is 2.27. The Labute approximate surface area is 184 Å². The molecule has 0 bridgehead atoms. The number of benzene rings is 2. The van der Waals surface area contributed by atoms with Crippen LogP contribution in [0.25, 0.3) is 0 Å². The third-order valence-corrected chi connectivity index (χ3v) is 5.29. The number of aryl methyl sites for hydroxylation is 1. The Hall–Kier alpha value is -2.89. The van der Waals surface area contributed by atoms with Crippen molar-refractivity contribution in [3.63, 3.8) is 0 Å². The lowest BCUT2D eigenvalue weighted by molar-refractivity contribution is -0.141. The van der Waals surface area contributed by atoms with Crippen molar-refractivity contribution in [2.24, 2.45) is 0 Å². The molecule has 0 radical (unpaired) electrons. The van der Waals surface area contributed by atoms with Gasteiger partial charge in [-0.05, 0) is 51.8 Å². The Balaban J connectivity index is 2.01. The van der Waals surface area contributed by atoms with Crippen molar-refractivity contribution in [3.8, 4) is 5.75 Å². The number of rotatable bonds is 11. The third kappa shape index (κ3) is 7.70. The van der Waals surface area contributed by atoms with Gasteiger partial charge in [0.15, 0.2) is 0 Å². The van der Waals surface area contributed by atoms with Gasteiger partial charge in [-0.15, -0.1) is 0 Å². The minimum atomic E-state index is -0.709. The molecule has 6 heteroatoms. The standard InChI is InChI=1S/C25H33FN2O3/c1-5-19(3)27-25(30)20(4)28(17-21-9-6-7-10-23(21)26)24(29)11-8-16-31-22-14-12-18(2)13-15-22/h6-7,9-10,12-15,19-20H,5,8,11,16-17H2,1-4H3,(H,27,30). The van der Waals surface area contributed by atoms with Gasteiger partial charge in [-0.3, -0.25) is 9.59 Å². The first-order chi connectivity index (χ1) is 14.8. The lowest BCUT2D eigenvalue weighted by Crippen LogP contribution is -2.49. The van der Waals surface area contributed by atoms with Crippen LogP contribution in [-0.2, 0) is 16.1 Å². The molecule has 0 aliphatic heterocycles. The third-order valence-electron chi connectivity index (χ3n) is 5.29. The predicted octanol–water partition coefficient (Wildman–Crippen LogP) is 4.63. The van der Waals surface area contributed by atoms with Crippen LogP contribution in [0.2, 0.25) is 0 Å². The summed E-state index contributed by atoms with van der Waals surface area (Å²) in [6.07, 6.45) is 1.50. The van der Waals surface area contributed by atoms with Gasteiger partial charge in [0.25, 0.3) is 0 Å². The molecule has 0 spiro atoms. The monoisotopic (exact) mass is 428 g/mol. The van der Waals surface area contributed by atoms with Crippen molar-refractivity contribution in [2.45, 2.75) is 65.6 Å². The zero-order valence-corrected chi connectivity index (χ0v) is 18.9. The molecular formula is C25H33FN2O3. The molecule has 0 saturated heterocycles. The van der Waals surface area contributed by atoms with Crippen molar-refractivity contribution >= 4 is 11.8 Å². The molecule has 2 aromatic carbocycles. The molecule has 0 saturated carbocycles. The first kappa shape index (κ1) is 24.4. The smallest absolute Gasteiger partial charge is 0.242 e. The summed E-state index contributed by atoms with van der Waals surface area (Å²) >= 11 is 0. The summed E-state index contributed by atoms with van der Waals surface area (Å²) in [4.78, 5) is 27.1. The topological polar surface area (TPSA) is 58.6 Å². The fourth-order valence-electron chi connectivity index (χ4n) is 3.05. The van der Waals surface area contributed by atoms with E-state index in [1.54, 1.807) is 25.1 Å². The fourth-order valence-corrected chi connectivity index (χ4v) is 3.05. The minimum absolute atomic E-state index is 0.00303. The van der Waals surface area contributed by atoms with Gasteiger partial charge in [0, 0.05) is 24.6 Å². The Morgan fingerprint density at radius 1 is 1.10 bits per heavy atom. The fraction of sp³-hybridized carbons (Fsp3) is 0.440. The number of nitrogens with one attached hydrogen (secondary N) is 1. The number of hydrogen-bond donors (Lipinski definition) is 1. The number of hydrogen-bond acceptors (Lipinski definition) is 3. The molecule has 0 aromatic heterocycles. The normalized spacial score (nSPS) is 12.7. The van der Waals surface area contributed by atoms with E-state index in [0.29, 0.717) is 18.6 Å². The quantitative estimate of drug-likeness (QED) is 0.531. The second-order valence-electron chi connectivity index (χ2n) is 7.87. The molecule has 2 aromatic rings. The maximum Gasteiger partial charge on any atom is 0.242 e. The minimum Gasteiger partial charge on any atom is -0.494 e. The van der Waals surface area contributed by atoms with E-state index < -0.39 is 11.9 Å². The zero-order valence-electron chi connectivity index (χ0n) is 18.9. The summed E-state index contributed by atoms with van der Waals surface area (Å²) in [6.45, 7) is 8.00. The van der Waals surface area contributed by atoms with Gasteiger partial charge in [0.1, 0.15) is 17.6 Å². The van der Waals surface area contributed by atoms with Gasteiger partial charge in [-0.25, -0.2) is 4.39 Å². The average molecular weight is 429 g/mol. The molecule has 0 aliphatic carbocycles. The van der Waals surface area contributed by atoms with Crippen LogP contribution in [0, 0.1) is 12.7 Å². The lowest BCUT2D eigenvalue weighted by Gasteiger charge is -2.30. The van der Waals surface area contributed by atoms with Crippen LogP contribution >= 0.6 is 0 Å². The summed E-state index contributed by atoms with van der Waals surface area (Å²) in [5.74, 6) is -0.0856. The summed E-state index contributed by atoms with van der Waals surface area (Å²) in [7, 11) is 0. The van der Waals surface area contributed by atoms with Crippen molar-refractivity contribution in [3.05, 3.63) is 65.5 Å². The zero-order chi connectivity index (χ0) is 22.8. The molecule has 2 amide bonds. The van der Waals surface area contributed by atoms with Gasteiger partial charge >= 0.3 is 0 Å². The molecule has 0 fully saturated rings. The molecule has 2 unspecified atom stereocenters. The molecule has 1 N–H and O–H groups in total. The van der Waals surface area contributed by atoms with E-state index in [1.807, 2.05) is 45.0 Å². The van der Waals surface area contributed by atoms with Crippen molar-refractivity contribution in [1.29, 1.82) is 0 Å². The van der Waals surface area contributed by atoms with Gasteiger partial charge in [-0.1, -0.05) is 42.8 Å². The van der Waals surface area contributed by atoms with E-state index in [9.17, 15) is 14.0 Å². The van der Waals surface area contributed by atoms with Crippen molar-refractivity contribution < 1.29 is 18.7 Å². The summed E-state index contributed by atoms with van der Waals surface area (Å²) in [5, 5.41) is 2.91. The predicted molar refractivity (Wildman–Crippen MR) is 120 cm³/mol. The van der Waals surface area contributed by atoms with E-state index in [0.717, 1.165) is 17.7 Å². The number of halogens is 1. The van der Waals surface area contributed by atoms with E-state index in [-0.39, 0.29) is 30.8 Å². The summed E-state index contributed by atoms with van der Waals surface area (Å²) in [5.41, 5.74) is 1.53. The maximum atomic E-state index is 14.2. The van der Waals surface area contributed by atoms with E-state index in [1.165, 1.54) is 11.0 Å². The first-order valence-corrected chi connectivity index (χ1v) is 10.8. The number of amides is 2. The molecule has 31 heavy (non-hydrogen) atoms. The lowest BCUT2D eigenvalue weighted by atomic mass is 10.1. The molecule has 5 nitrogen and oxygen atoms in total. The molecule has 2 atom stereocenters. The van der Waals surface area contributed by atoms with E-state index >= 15 is 0 Å². The number of carbonyl (C=O) groups is 2. The molecule has 0 heterocycles. The van der Waals surface area contributed by atoms with Crippen LogP contribution in [0.15, 0.2) is 48.5 Å². The van der Waals surface area contributed by atoms with Crippen LogP contribution < -0.4 is 10.1 Å². The molecule has 2 rings (SSSR count). The molecule has 0 aliphatic rings. The second kappa shape index (κ2) is 12.1. The number of nitrogens with zero attached hydrogens (tertiary/aromatic N) is 1. The highest BCUT2D eigenvalue weighted by molar-refractivity contribution is 5.87.